The summed E-state index contributed by atoms with van der Waals surface area (Å²) in [6.45, 7) is 0.277. The number of phenols is 1. The first-order chi connectivity index (χ1) is 15.0. The molecule has 1 N–H and O–H groups in total. The number of benzene rings is 3. The average Bonchev–Trinajstić information content (AvgIpc) is 3.24. The van der Waals surface area contributed by atoms with E-state index < -0.39 is 0 Å². The van der Waals surface area contributed by atoms with Crippen LogP contribution >= 0.6 is 15.9 Å². The Bertz CT molecular complexity index is 1270. The van der Waals surface area contributed by atoms with E-state index in [1.54, 1.807) is 12.1 Å². The van der Waals surface area contributed by atoms with Crippen molar-refractivity contribution in [2.24, 2.45) is 0 Å². The van der Waals surface area contributed by atoms with Gasteiger partial charge in [-0.15, -0.1) is 0 Å². The molecular formula is C25H19BrO5. The summed E-state index contributed by atoms with van der Waals surface area (Å²) in [4.78, 5) is 12.3. The summed E-state index contributed by atoms with van der Waals surface area (Å²) >= 11 is 3.47. The number of carbonyl (C=O) groups is 1. The molecule has 5 nitrogen and oxygen atoms in total. The minimum Gasteiger partial charge on any atom is -0.504 e. The highest BCUT2D eigenvalue weighted by molar-refractivity contribution is 9.10. The molecule has 0 saturated carbocycles. The highest BCUT2D eigenvalue weighted by Gasteiger charge is 2.08. The predicted molar refractivity (Wildman–Crippen MR) is 123 cm³/mol. The Labute approximate surface area is 187 Å². The average molecular weight is 479 g/mol. The van der Waals surface area contributed by atoms with Gasteiger partial charge in [-0.1, -0.05) is 28.1 Å². The van der Waals surface area contributed by atoms with E-state index in [9.17, 15) is 9.90 Å². The van der Waals surface area contributed by atoms with Gasteiger partial charge in [0, 0.05) is 10.0 Å². The number of allylic oxidation sites excluding steroid dienone is 1. The number of halogens is 1. The molecule has 1 aromatic heterocycles. The second-order valence-corrected chi connectivity index (χ2v) is 7.75. The van der Waals surface area contributed by atoms with E-state index in [2.05, 4.69) is 22.0 Å². The van der Waals surface area contributed by atoms with Crippen LogP contribution in [-0.2, 0) is 6.61 Å². The third-order valence-corrected chi connectivity index (χ3v) is 5.19. The van der Waals surface area contributed by atoms with Gasteiger partial charge >= 0.3 is 0 Å². The maximum absolute atomic E-state index is 12.3. The first kappa shape index (κ1) is 20.8. The Balaban J connectivity index is 1.39. The molecule has 0 aliphatic carbocycles. The number of methoxy groups -OCH3 is 1. The summed E-state index contributed by atoms with van der Waals surface area (Å²) in [5.74, 6) is 1.95. The maximum Gasteiger partial charge on any atom is 0.186 e. The standard InChI is InChI=1S/C25H19BrO5/c1-29-25-14-18(4-10-24(25)28)23(27)11-9-20-7-8-22(31-20)15-30-21-6-3-16-12-19(26)5-2-17(16)13-21/h2-14,28H,15H2,1H3/b11-9+. The summed E-state index contributed by atoms with van der Waals surface area (Å²) < 4.78 is 17.6. The molecule has 31 heavy (non-hydrogen) atoms. The molecule has 4 rings (SSSR count). The van der Waals surface area contributed by atoms with E-state index in [1.807, 2.05) is 36.4 Å². The SMILES string of the molecule is COc1cc(C(=O)/C=C/c2ccc(COc3ccc4cc(Br)ccc4c3)o2)ccc1O. The summed E-state index contributed by atoms with van der Waals surface area (Å²) in [5.41, 5.74) is 0.407. The smallest absolute Gasteiger partial charge is 0.186 e. The fourth-order valence-corrected chi connectivity index (χ4v) is 3.46. The topological polar surface area (TPSA) is 68.9 Å². The minimum absolute atomic E-state index is 0.0158. The molecule has 156 valence electrons. The number of ketones is 1. The van der Waals surface area contributed by atoms with Crippen LogP contribution in [0.25, 0.3) is 16.8 Å². The van der Waals surface area contributed by atoms with Crippen LogP contribution in [0.2, 0.25) is 0 Å². The lowest BCUT2D eigenvalue weighted by molar-refractivity contribution is 0.104. The van der Waals surface area contributed by atoms with E-state index in [-0.39, 0.29) is 23.9 Å². The van der Waals surface area contributed by atoms with E-state index in [1.165, 1.54) is 31.4 Å². The number of carbonyl (C=O) groups excluding carboxylic acids is 1. The Morgan fingerprint density at radius 1 is 1.03 bits per heavy atom. The number of furan rings is 1. The van der Waals surface area contributed by atoms with Gasteiger partial charge in [-0.2, -0.15) is 0 Å². The Morgan fingerprint density at radius 2 is 1.84 bits per heavy atom. The molecule has 0 radical (unpaired) electrons. The van der Waals surface area contributed by atoms with E-state index in [4.69, 9.17) is 13.9 Å². The van der Waals surface area contributed by atoms with Crippen LogP contribution in [0.4, 0.5) is 0 Å². The van der Waals surface area contributed by atoms with Gasteiger partial charge in [0.25, 0.3) is 0 Å². The zero-order valence-electron chi connectivity index (χ0n) is 16.7. The molecule has 0 saturated heterocycles. The van der Waals surface area contributed by atoms with Crippen molar-refractivity contribution in [2.75, 3.05) is 7.11 Å². The van der Waals surface area contributed by atoms with Gasteiger partial charge in [-0.3, -0.25) is 4.79 Å². The van der Waals surface area contributed by atoms with Crippen LogP contribution in [0.5, 0.6) is 17.2 Å². The molecule has 4 aromatic rings. The van der Waals surface area contributed by atoms with Crippen molar-refractivity contribution in [3.63, 3.8) is 0 Å². The second kappa shape index (κ2) is 9.10. The summed E-state index contributed by atoms with van der Waals surface area (Å²) in [5, 5.41) is 11.9. The molecule has 0 unspecified atom stereocenters. The van der Waals surface area contributed by atoms with Gasteiger partial charge in [0.2, 0.25) is 0 Å². The Morgan fingerprint density at radius 3 is 2.68 bits per heavy atom. The molecule has 0 aliphatic rings. The fourth-order valence-electron chi connectivity index (χ4n) is 3.09. The Kier molecular flexibility index (Phi) is 6.09. The number of ether oxygens (including phenoxy) is 2. The zero-order valence-corrected chi connectivity index (χ0v) is 18.3. The summed E-state index contributed by atoms with van der Waals surface area (Å²) in [7, 11) is 1.43. The molecule has 0 fully saturated rings. The number of phenolic OH excluding ortho intramolecular Hbond substituents is 1. The molecule has 3 aromatic carbocycles. The highest BCUT2D eigenvalue weighted by Crippen LogP contribution is 2.27. The second-order valence-electron chi connectivity index (χ2n) is 6.83. The van der Waals surface area contributed by atoms with Crippen LogP contribution in [0.15, 0.2) is 81.7 Å². The lowest BCUT2D eigenvalue weighted by atomic mass is 10.1. The molecule has 0 aliphatic heterocycles. The third kappa shape index (κ3) is 4.98. The first-order valence-electron chi connectivity index (χ1n) is 9.52. The van der Waals surface area contributed by atoms with Gasteiger partial charge in [-0.25, -0.2) is 0 Å². The maximum atomic E-state index is 12.3. The summed E-state index contributed by atoms with van der Waals surface area (Å²) in [6, 6.07) is 20.0. The Hall–Kier alpha value is -3.51. The molecular weight excluding hydrogens is 460 g/mol. The van der Waals surface area contributed by atoms with Gasteiger partial charge in [0.1, 0.15) is 23.9 Å². The molecule has 0 amide bonds. The van der Waals surface area contributed by atoms with Gasteiger partial charge in [-0.05, 0) is 77.5 Å². The molecule has 0 spiro atoms. The highest BCUT2D eigenvalue weighted by atomic mass is 79.9. The normalized spacial score (nSPS) is 11.2. The number of aromatic hydroxyl groups is 1. The van der Waals surface area contributed by atoms with Crippen molar-refractivity contribution < 1.29 is 23.8 Å². The molecule has 6 heteroatoms. The van der Waals surface area contributed by atoms with Crippen molar-refractivity contribution in [3.8, 4) is 17.2 Å². The lowest BCUT2D eigenvalue weighted by Gasteiger charge is -2.06. The van der Waals surface area contributed by atoms with Crippen LogP contribution < -0.4 is 9.47 Å². The van der Waals surface area contributed by atoms with E-state index in [0.717, 1.165) is 21.0 Å². The molecule has 0 bridgehead atoms. The van der Waals surface area contributed by atoms with Crippen LogP contribution in [-0.4, -0.2) is 18.0 Å². The molecule has 0 atom stereocenters. The predicted octanol–water partition coefficient (Wildman–Crippen LogP) is 6.38. The van der Waals surface area contributed by atoms with E-state index in [0.29, 0.717) is 17.1 Å². The van der Waals surface area contributed by atoms with Crippen molar-refractivity contribution in [1.82, 2.24) is 0 Å². The number of rotatable bonds is 7. The number of fused-ring (bicyclic) bond motifs is 1. The van der Waals surface area contributed by atoms with Crippen LogP contribution in [0.1, 0.15) is 21.9 Å². The van der Waals surface area contributed by atoms with Crippen molar-refractivity contribution in [2.45, 2.75) is 6.61 Å². The van der Waals surface area contributed by atoms with Crippen LogP contribution in [0.3, 0.4) is 0 Å². The fraction of sp³-hybridized carbons (Fsp3) is 0.0800. The first-order valence-corrected chi connectivity index (χ1v) is 10.3. The lowest BCUT2D eigenvalue weighted by Crippen LogP contribution is -1.95. The minimum atomic E-state index is -0.227. The summed E-state index contributed by atoms with van der Waals surface area (Å²) in [6.07, 6.45) is 3.01. The van der Waals surface area contributed by atoms with E-state index >= 15 is 0 Å². The quantitative estimate of drug-likeness (QED) is 0.246. The largest absolute Gasteiger partial charge is 0.504 e. The number of hydrogen-bond donors (Lipinski definition) is 1. The van der Waals surface area contributed by atoms with Crippen molar-refractivity contribution >= 4 is 38.6 Å². The van der Waals surface area contributed by atoms with Gasteiger partial charge < -0.3 is 19.0 Å². The molecule has 1 heterocycles. The van der Waals surface area contributed by atoms with Crippen molar-refractivity contribution in [3.05, 3.63) is 94.4 Å². The third-order valence-electron chi connectivity index (χ3n) is 4.70. The zero-order chi connectivity index (χ0) is 21.8. The van der Waals surface area contributed by atoms with Crippen molar-refractivity contribution in [1.29, 1.82) is 0 Å². The van der Waals surface area contributed by atoms with Gasteiger partial charge in [0.15, 0.2) is 17.3 Å². The van der Waals surface area contributed by atoms with Crippen LogP contribution in [0, 0.1) is 0 Å². The van der Waals surface area contributed by atoms with Gasteiger partial charge in [0.05, 0.1) is 7.11 Å². The number of hydrogen-bond acceptors (Lipinski definition) is 5. The monoisotopic (exact) mass is 478 g/mol.